The summed E-state index contributed by atoms with van der Waals surface area (Å²) in [7, 11) is 3.90. The predicted molar refractivity (Wildman–Crippen MR) is 126 cm³/mol. The molecule has 168 valence electrons. The fourth-order valence-corrected chi connectivity index (χ4v) is 3.36. The largest absolute Gasteiger partial charge is 0.507 e. The minimum Gasteiger partial charge on any atom is -0.507 e. The third-order valence-electron chi connectivity index (χ3n) is 5.12. The third kappa shape index (κ3) is 4.86. The molecule has 1 aromatic heterocycles. The predicted octanol–water partition coefficient (Wildman–Crippen LogP) is 3.30. The number of carbonyl (C=O) groups excluding carboxylic acids is 1. The zero-order valence-corrected chi connectivity index (χ0v) is 18.4. The minimum absolute atomic E-state index is 0.0585. The Balaban J connectivity index is 1.71. The number of hydrogen-bond donors (Lipinski definition) is 3. The van der Waals surface area contributed by atoms with E-state index in [0.29, 0.717) is 40.6 Å². The Kier molecular flexibility index (Phi) is 6.37. The van der Waals surface area contributed by atoms with Gasteiger partial charge in [-0.2, -0.15) is 0 Å². The maximum atomic E-state index is 12.4. The average molecular weight is 444 g/mol. The number of benzene rings is 3. The van der Waals surface area contributed by atoms with E-state index in [-0.39, 0.29) is 17.4 Å². The molecule has 1 amide bonds. The Labute approximate surface area is 191 Å². The number of carbonyl (C=O) groups is 1. The van der Waals surface area contributed by atoms with Crippen molar-refractivity contribution in [1.82, 2.24) is 25.0 Å². The fourth-order valence-electron chi connectivity index (χ4n) is 3.36. The number of para-hydroxylation sites is 2. The van der Waals surface area contributed by atoms with Crippen molar-refractivity contribution in [3.05, 3.63) is 78.4 Å². The van der Waals surface area contributed by atoms with Crippen LogP contribution < -0.4 is 5.32 Å². The molecule has 33 heavy (non-hydrogen) atoms. The topological polar surface area (TPSA) is 104 Å². The molecule has 0 fully saturated rings. The molecule has 0 saturated carbocycles. The number of phenolic OH excluding ortho intramolecular Hbond substituents is 2. The van der Waals surface area contributed by atoms with Gasteiger partial charge in [-0.05, 0) is 62.6 Å². The standard InChI is InChI=1S/C25H25N5O3/c1-29(2)16-15-26-25(33)17-11-13-18(14-12-17)30-24(20-8-4-6-10-22(20)32)27-23(28-30)19-7-3-5-9-21(19)31/h3-14,31-32H,15-16H2,1-2H3,(H,26,33). The quantitative estimate of drug-likeness (QED) is 0.405. The van der Waals surface area contributed by atoms with Crippen LogP contribution in [0.15, 0.2) is 72.8 Å². The van der Waals surface area contributed by atoms with Crippen molar-refractivity contribution in [2.75, 3.05) is 27.2 Å². The molecule has 8 heteroatoms. The summed E-state index contributed by atoms with van der Waals surface area (Å²) in [5, 5.41) is 28.2. The Bertz CT molecular complexity index is 1270. The molecule has 0 spiro atoms. The highest BCUT2D eigenvalue weighted by Crippen LogP contribution is 2.33. The van der Waals surface area contributed by atoms with E-state index in [2.05, 4.69) is 15.4 Å². The van der Waals surface area contributed by atoms with Crippen molar-refractivity contribution in [3.63, 3.8) is 0 Å². The van der Waals surface area contributed by atoms with Gasteiger partial charge in [-0.3, -0.25) is 4.79 Å². The summed E-state index contributed by atoms with van der Waals surface area (Å²) in [5.74, 6) is 0.694. The number of amides is 1. The van der Waals surface area contributed by atoms with Crippen molar-refractivity contribution in [2.45, 2.75) is 0 Å². The Hall–Kier alpha value is -4.17. The van der Waals surface area contributed by atoms with E-state index in [1.807, 2.05) is 19.0 Å². The van der Waals surface area contributed by atoms with Gasteiger partial charge in [0.2, 0.25) is 0 Å². The molecule has 0 bridgehead atoms. The Morgan fingerprint density at radius 1 is 0.909 bits per heavy atom. The highest BCUT2D eigenvalue weighted by Gasteiger charge is 2.19. The van der Waals surface area contributed by atoms with Crippen LogP contribution in [0.4, 0.5) is 0 Å². The third-order valence-corrected chi connectivity index (χ3v) is 5.12. The molecule has 0 unspecified atom stereocenters. The summed E-state index contributed by atoms with van der Waals surface area (Å²) < 4.78 is 1.59. The zero-order chi connectivity index (χ0) is 23.4. The first-order valence-corrected chi connectivity index (χ1v) is 10.5. The van der Waals surface area contributed by atoms with E-state index in [9.17, 15) is 15.0 Å². The Morgan fingerprint density at radius 2 is 1.52 bits per heavy atom. The SMILES string of the molecule is CN(C)CCNC(=O)c1ccc(-n2nc(-c3ccccc3O)nc2-c2ccccc2O)cc1. The van der Waals surface area contributed by atoms with Gasteiger partial charge in [-0.15, -0.1) is 5.10 Å². The van der Waals surface area contributed by atoms with E-state index < -0.39 is 0 Å². The van der Waals surface area contributed by atoms with Crippen molar-refractivity contribution >= 4 is 5.91 Å². The van der Waals surface area contributed by atoms with Gasteiger partial charge in [0.25, 0.3) is 5.91 Å². The number of phenols is 2. The van der Waals surface area contributed by atoms with Gasteiger partial charge < -0.3 is 20.4 Å². The summed E-state index contributed by atoms with van der Waals surface area (Å²) in [4.78, 5) is 19.0. The smallest absolute Gasteiger partial charge is 0.251 e. The fraction of sp³-hybridized carbons (Fsp3) is 0.160. The molecule has 4 aromatic rings. The summed E-state index contributed by atoms with van der Waals surface area (Å²) in [5.41, 5.74) is 2.16. The van der Waals surface area contributed by atoms with Gasteiger partial charge >= 0.3 is 0 Å². The van der Waals surface area contributed by atoms with Gasteiger partial charge in [0.15, 0.2) is 11.6 Å². The first kappa shape index (κ1) is 22.0. The molecular weight excluding hydrogens is 418 g/mol. The molecular formula is C25H25N5O3. The number of nitrogens with one attached hydrogen (secondary N) is 1. The van der Waals surface area contributed by atoms with Crippen LogP contribution >= 0.6 is 0 Å². The molecule has 0 saturated heterocycles. The van der Waals surface area contributed by atoms with Crippen LogP contribution in [0.2, 0.25) is 0 Å². The maximum absolute atomic E-state index is 12.4. The van der Waals surface area contributed by atoms with E-state index >= 15 is 0 Å². The second-order valence-electron chi connectivity index (χ2n) is 7.81. The zero-order valence-electron chi connectivity index (χ0n) is 18.4. The highest BCUT2D eigenvalue weighted by molar-refractivity contribution is 5.94. The first-order valence-electron chi connectivity index (χ1n) is 10.5. The molecule has 0 aliphatic rings. The lowest BCUT2D eigenvalue weighted by molar-refractivity contribution is 0.0951. The second kappa shape index (κ2) is 9.54. The van der Waals surface area contributed by atoms with Crippen molar-refractivity contribution in [2.24, 2.45) is 0 Å². The lowest BCUT2D eigenvalue weighted by Gasteiger charge is -2.11. The lowest BCUT2D eigenvalue weighted by Crippen LogP contribution is -2.31. The van der Waals surface area contributed by atoms with Crippen LogP contribution in [0.25, 0.3) is 28.5 Å². The number of rotatable bonds is 7. The van der Waals surface area contributed by atoms with Crippen LogP contribution in [0.5, 0.6) is 11.5 Å². The van der Waals surface area contributed by atoms with Crippen LogP contribution in [-0.2, 0) is 0 Å². The number of aromatic nitrogens is 3. The highest BCUT2D eigenvalue weighted by atomic mass is 16.3. The van der Waals surface area contributed by atoms with Gasteiger partial charge in [-0.1, -0.05) is 24.3 Å². The van der Waals surface area contributed by atoms with Gasteiger partial charge in [0.1, 0.15) is 11.5 Å². The van der Waals surface area contributed by atoms with Crippen molar-refractivity contribution in [3.8, 4) is 40.0 Å². The van der Waals surface area contributed by atoms with E-state index in [1.54, 1.807) is 77.5 Å². The molecule has 0 atom stereocenters. The molecule has 0 radical (unpaired) electrons. The summed E-state index contributed by atoms with van der Waals surface area (Å²) >= 11 is 0. The lowest BCUT2D eigenvalue weighted by atomic mass is 10.1. The number of nitrogens with zero attached hydrogens (tertiary/aromatic N) is 4. The van der Waals surface area contributed by atoms with E-state index in [4.69, 9.17) is 0 Å². The van der Waals surface area contributed by atoms with Crippen LogP contribution in [0.3, 0.4) is 0 Å². The number of aromatic hydroxyl groups is 2. The molecule has 8 nitrogen and oxygen atoms in total. The van der Waals surface area contributed by atoms with Crippen LogP contribution in [0.1, 0.15) is 10.4 Å². The molecule has 0 aliphatic carbocycles. The molecule has 4 rings (SSSR count). The molecule has 1 heterocycles. The van der Waals surface area contributed by atoms with E-state index in [0.717, 1.165) is 6.54 Å². The summed E-state index contributed by atoms with van der Waals surface area (Å²) in [6, 6.07) is 20.6. The molecule has 3 N–H and O–H groups in total. The van der Waals surface area contributed by atoms with Gasteiger partial charge in [0.05, 0.1) is 16.8 Å². The normalized spacial score (nSPS) is 11.0. The first-order chi connectivity index (χ1) is 15.9. The van der Waals surface area contributed by atoms with E-state index in [1.165, 1.54) is 0 Å². The average Bonchev–Trinajstić information content (AvgIpc) is 3.24. The summed E-state index contributed by atoms with van der Waals surface area (Å²) in [6.07, 6.45) is 0. The van der Waals surface area contributed by atoms with Gasteiger partial charge in [0, 0.05) is 18.7 Å². The second-order valence-corrected chi connectivity index (χ2v) is 7.81. The van der Waals surface area contributed by atoms with Crippen molar-refractivity contribution < 1.29 is 15.0 Å². The van der Waals surface area contributed by atoms with Crippen LogP contribution in [0, 0.1) is 0 Å². The van der Waals surface area contributed by atoms with Crippen LogP contribution in [-0.4, -0.2) is 63.0 Å². The Morgan fingerprint density at radius 3 is 2.12 bits per heavy atom. The molecule has 3 aromatic carbocycles. The van der Waals surface area contributed by atoms with Gasteiger partial charge in [-0.25, -0.2) is 9.67 Å². The van der Waals surface area contributed by atoms with Crippen molar-refractivity contribution in [1.29, 1.82) is 0 Å². The number of likely N-dealkylation sites (N-methyl/N-ethyl adjacent to an activating group) is 1. The maximum Gasteiger partial charge on any atom is 0.251 e. The monoisotopic (exact) mass is 443 g/mol. The molecule has 0 aliphatic heterocycles. The number of hydrogen-bond acceptors (Lipinski definition) is 6. The minimum atomic E-state index is -0.155. The summed E-state index contributed by atoms with van der Waals surface area (Å²) in [6.45, 7) is 1.31.